The Bertz CT molecular complexity index is 162. The van der Waals surface area contributed by atoms with E-state index in [1.807, 2.05) is 0 Å². The highest BCUT2D eigenvalue weighted by Crippen LogP contribution is 2.50. The average Bonchev–Trinajstić information content (AvgIpc) is 2.80. The van der Waals surface area contributed by atoms with Crippen molar-refractivity contribution in [3.8, 4) is 0 Å². The number of hydrogen-bond donors (Lipinski definition) is 1. The molecular weight excluding hydrogens is 134 g/mol. The van der Waals surface area contributed by atoms with Crippen LogP contribution in [0.1, 0.15) is 38.5 Å². The van der Waals surface area contributed by atoms with E-state index in [4.69, 9.17) is 0 Å². The van der Waals surface area contributed by atoms with Gasteiger partial charge >= 0.3 is 0 Å². The molecular formula is C10H17N. The molecule has 3 aliphatic rings. The molecule has 0 aromatic carbocycles. The summed E-state index contributed by atoms with van der Waals surface area (Å²) >= 11 is 0. The van der Waals surface area contributed by atoms with Crippen LogP contribution in [0.5, 0.6) is 0 Å². The van der Waals surface area contributed by atoms with Crippen LogP contribution in [-0.2, 0) is 0 Å². The fraction of sp³-hybridized carbons (Fsp3) is 1.00. The van der Waals surface area contributed by atoms with Gasteiger partial charge in [0.05, 0.1) is 0 Å². The summed E-state index contributed by atoms with van der Waals surface area (Å²) in [5.74, 6) is 2.24. The Morgan fingerprint density at radius 2 is 1.91 bits per heavy atom. The Balaban J connectivity index is 1.58. The lowest BCUT2D eigenvalue weighted by Gasteiger charge is -2.22. The van der Waals surface area contributed by atoms with Crippen LogP contribution in [0.25, 0.3) is 0 Å². The number of hydrogen-bond acceptors (Lipinski definition) is 1. The lowest BCUT2D eigenvalue weighted by atomic mass is 9.95. The Kier molecular flexibility index (Phi) is 1.31. The third-order valence-corrected chi connectivity index (χ3v) is 3.61. The third-order valence-electron chi connectivity index (χ3n) is 3.61. The molecule has 0 aromatic heterocycles. The minimum atomic E-state index is 0.930. The van der Waals surface area contributed by atoms with Gasteiger partial charge < -0.3 is 5.32 Å². The molecule has 0 amide bonds. The highest BCUT2D eigenvalue weighted by atomic mass is 15.0. The zero-order valence-corrected chi connectivity index (χ0v) is 7.05. The molecule has 0 spiro atoms. The zero-order valence-electron chi connectivity index (χ0n) is 7.05. The molecule has 3 fully saturated rings. The summed E-state index contributed by atoms with van der Waals surface area (Å²) in [4.78, 5) is 0. The topological polar surface area (TPSA) is 12.0 Å². The summed E-state index contributed by atoms with van der Waals surface area (Å²) in [5.41, 5.74) is 0. The first-order valence-corrected chi connectivity index (χ1v) is 5.19. The molecule has 0 bridgehead atoms. The van der Waals surface area contributed by atoms with Crippen molar-refractivity contribution in [2.45, 2.75) is 50.6 Å². The van der Waals surface area contributed by atoms with Gasteiger partial charge in [0, 0.05) is 12.1 Å². The maximum absolute atomic E-state index is 3.78. The highest BCUT2D eigenvalue weighted by Gasteiger charge is 2.46. The highest BCUT2D eigenvalue weighted by molar-refractivity contribution is 5.00. The van der Waals surface area contributed by atoms with E-state index in [0.717, 1.165) is 23.9 Å². The van der Waals surface area contributed by atoms with E-state index in [1.165, 1.54) is 32.1 Å². The molecule has 11 heavy (non-hydrogen) atoms. The minimum Gasteiger partial charge on any atom is -0.311 e. The van der Waals surface area contributed by atoms with Crippen LogP contribution in [0.3, 0.4) is 0 Å². The fourth-order valence-electron chi connectivity index (χ4n) is 2.67. The standard InChI is InChI=1S/C10H17N/c1-2-7-6-9(7)10(3-1)11-8-4-5-8/h7-11H,1-6H2/t7-,9+,10?/m0/s1. The first kappa shape index (κ1) is 6.47. The maximum Gasteiger partial charge on any atom is 0.0101 e. The van der Waals surface area contributed by atoms with Gasteiger partial charge in [-0.2, -0.15) is 0 Å². The summed E-state index contributed by atoms with van der Waals surface area (Å²) < 4.78 is 0. The second kappa shape index (κ2) is 2.22. The molecule has 0 saturated heterocycles. The van der Waals surface area contributed by atoms with E-state index in [9.17, 15) is 0 Å². The van der Waals surface area contributed by atoms with Crippen LogP contribution in [0.15, 0.2) is 0 Å². The first-order chi connectivity index (χ1) is 5.43. The summed E-state index contributed by atoms with van der Waals surface area (Å²) in [6.45, 7) is 0. The van der Waals surface area contributed by atoms with Gasteiger partial charge in [0.2, 0.25) is 0 Å². The van der Waals surface area contributed by atoms with E-state index in [2.05, 4.69) is 5.32 Å². The van der Waals surface area contributed by atoms with Crippen LogP contribution < -0.4 is 5.32 Å². The maximum atomic E-state index is 3.78. The second-order valence-electron chi connectivity index (χ2n) is 4.64. The Hall–Kier alpha value is -0.0400. The van der Waals surface area contributed by atoms with Crippen molar-refractivity contribution in [3.05, 3.63) is 0 Å². The number of fused-ring (bicyclic) bond motifs is 1. The molecule has 0 heterocycles. The Labute approximate surface area is 68.6 Å². The van der Waals surface area contributed by atoms with Crippen molar-refractivity contribution < 1.29 is 0 Å². The van der Waals surface area contributed by atoms with Gasteiger partial charge in [-0.05, 0) is 37.5 Å². The molecule has 3 saturated carbocycles. The van der Waals surface area contributed by atoms with Crippen LogP contribution in [0, 0.1) is 11.8 Å². The van der Waals surface area contributed by atoms with E-state index in [0.29, 0.717) is 0 Å². The molecule has 3 atom stereocenters. The van der Waals surface area contributed by atoms with Crippen LogP contribution in [0.4, 0.5) is 0 Å². The van der Waals surface area contributed by atoms with Crippen molar-refractivity contribution in [2.75, 3.05) is 0 Å². The molecule has 62 valence electrons. The average molecular weight is 151 g/mol. The van der Waals surface area contributed by atoms with Gasteiger partial charge in [-0.25, -0.2) is 0 Å². The van der Waals surface area contributed by atoms with E-state index >= 15 is 0 Å². The predicted molar refractivity (Wildman–Crippen MR) is 45.4 cm³/mol. The van der Waals surface area contributed by atoms with Gasteiger partial charge in [-0.15, -0.1) is 0 Å². The van der Waals surface area contributed by atoms with Crippen molar-refractivity contribution in [1.29, 1.82) is 0 Å². The lowest BCUT2D eigenvalue weighted by Crippen LogP contribution is -2.35. The molecule has 3 aliphatic carbocycles. The number of rotatable bonds is 2. The molecule has 0 radical (unpaired) electrons. The largest absolute Gasteiger partial charge is 0.311 e. The molecule has 1 N–H and O–H groups in total. The zero-order chi connectivity index (χ0) is 7.26. The Morgan fingerprint density at radius 3 is 2.73 bits per heavy atom. The first-order valence-electron chi connectivity index (χ1n) is 5.19. The summed E-state index contributed by atoms with van der Waals surface area (Å²) in [6, 6.07) is 1.86. The minimum absolute atomic E-state index is 0.930. The monoisotopic (exact) mass is 151 g/mol. The Morgan fingerprint density at radius 1 is 1.00 bits per heavy atom. The molecule has 1 nitrogen and oxygen atoms in total. The summed E-state index contributed by atoms with van der Waals surface area (Å²) in [7, 11) is 0. The quantitative estimate of drug-likeness (QED) is 0.636. The van der Waals surface area contributed by atoms with E-state index in [1.54, 1.807) is 6.42 Å². The van der Waals surface area contributed by atoms with Crippen molar-refractivity contribution in [2.24, 2.45) is 11.8 Å². The predicted octanol–water partition coefficient (Wildman–Crippen LogP) is 1.93. The molecule has 3 rings (SSSR count). The fourth-order valence-corrected chi connectivity index (χ4v) is 2.67. The van der Waals surface area contributed by atoms with Crippen molar-refractivity contribution in [1.82, 2.24) is 5.32 Å². The second-order valence-corrected chi connectivity index (χ2v) is 4.64. The number of nitrogens with one attached hydrogen (secondary N) is 1. The van der Waals surface area contributed by atoms with Crippen LogP contribution >= 0.6 is 0 Å². The molecule has 1 unspecified atom stereocenters. The van der Waals surface area contributed by atoms with Crippen LogP contribution in [0.2, 0.25) is 0 Å². The molecule has 0 aliphatic heterocycles. The SMILES string of the molecule is C1CC(NC2CC2)[C@@H]2C[C@@H]2C1. The third kappa shape index (κ3) is 1.20. The van der Waals surface area contributed by atoms with Crippen molar-refractivity contribution >= 4 is 0 Å². The van der Waals surface area contributed by atoms with Gasteiger partial charge in [0.15, 0.2) is 0 Å². The van der Waals surface area contributed by atoms with E-state index < -0.39 is 0 Å². The van der Waals surface area contributed by atoms with Gasteiger partial charge in [-0.3, -0.25) is 0 Å². The van der Waals surface area contributed by atoms with Gasteiger partial charge in [-0.1, -0.05) is 12.8 Å². The summed E-state index contributed by atoms with van der Waals surface area (Å²) in [5, 5.41) is 3.78. The summed E-state index contributed by atoms with van der Waals surface area (Å²) in [6.07, 6.45) is 8.95. The van der Waals surface area contributed by atoms with Gasteiger partial charge in [0.25, 0.3) is 0 Å². The normalized spacial score (nSPS) is 48.5. The van der Waals surface area contributed by atoms with Crippen molar-refractivity contribution in [3.63, 3.8) is 0 Å². The van der Waals surface area contributed by atoms with Crippen LogP contribution in [-0.4, -0.2) is 12.1 Å². The van der Waals surface area contributed by atoms with Gasteiger partial charge in [0.1, 0.15) is 0 Å². The smallest absolute Gasteiger partial charge is 0.0101 e. The van der Waals surface area contributed by atoms with E-state index in [-0.39, 0.29) is 0 Å². The molecule has 1 heteroatoms. The lowest BCUT2D eigenvalue weighted by molar-refractivity contribution is 0.352. The molecule has 0 aromatic rings.